The molecule has 0 saturated carbocycles. The minimum atomic E-state index is -2.01. The minimum Gasteiger partial charge on any atom is -0.507 e. The summed E-state index contributed by atoms with van der Waals surface area (Å²) in [6.07, 6.45) is -9.99. The van der Waals surface area contributed by atoms with Gasteiger partial charge in [-0.05, 0) is 18.2 Å². The van der Waals surface area contributed by atoms with E-state index in [1.165, 1.54) is 19.2 Å². The van der Waals surface area contributed by atoms with Crippen molar-refractivity contribution in [1.29, 1.82) is 0 Å². The van der Waals surface area contributed by atoms with Crippen molar-refractivity contribution in [2.24, 2.45) is 0 Å². The van der Waals surface area contributed by atoms with E-state index < -0.39 is 65.1 Å². The summed E-state index contributed by atoms with van der Waals surface area (Å²) >= 11 is 0. The molecule has 1 fully saturated rings. The molecule has 1 aromatic heterocycles. The van der Waals surface area contributed by atoms with Crippen LogP contribution in [0.3, 0.4) is 0 Å². The summed E-state index contributed by atoms with van der Waals surface area (Å²) in [5, 5.41) is 69.1. The number of aliphatic hydroxyl groups excluding tert-OH is 3. The van der Waals surface area contributed by atoms with E-state index in [0.29, 0.717) is 0 Å². The Labute approximate surface area is 195 Å². The van der Waals surface area contributed by atoms with Crippen LogP contribution in [0.1, 0.15) is 0 Å². The van der Waals surface area contributed by atoms with Gasteiger partial charge in [-0.2, -0.15) is 0 Å². The van der Waals surface area contributed by atoms with Gasteiger partial charge in [-0.3, -0.25) is 4.79 Å². The number of fused-ring (bicyclic) bond motifs is 1. The number of phenols is 3. The predicted octanol–water partition coefficient (Wildman–Crippen LogP) is -0.144. The van der Waals surface area contributed by atoms with E-state index in [0.717, 1.165) is 18.2 Å². The Kier molecular flexibility index (Phi) is 6.17. The highest BCUT2D eigenvalue weighted by atomic mass is 16.7. The highest BCUT2D eigenvalue weighted by Gasteiger charge is 2.48. The number of hydrogen-bond donors (Lipinski definition) is 7. The van der Waals surface area contributed by atoms with E-state index in [9.17, 15) is 45.3 Å². The number of rotatable bonds is 5. The number of aliphatic hydroxyl groups is 3. The minimum absolute atomic E-state index is 0.00252. The summed E-state index contributed by atoms with van der Waals surface area (Å²) in [6.45, 7) is 0. The fourth-order valence-electron chi connectivity index (χ4n) is 3.60. The first-order valence-corrected chi connectivity index (χ1v) is 10.0. The standard InChI is InChI=1S/C22H20O13/c1-32-8-5-11(25)13-12(6-8)33-18(7-2-3-9(23)10(24)4-7)19(14(13)26)34-22-17(29)15(27)16(28)20(35-22)21(30)31/h2-6,15-17,20,22-25,27-29H,1H3,(H,30,31)/t15-,16-,17+,20-,22?/m0/s1. The number of carbonyl (C=O) groups is 1. The Balaban J connectivity index is 1.92. The highest BCUT2D eigenvalue weighted by molar-refractivity contribution is 5.88. The maximum absolute atomic E-state index is 13.4. The van der Waals surface area contributed by atoms with Crippen molar-refractivity contribution in [3.63, 3.8) is 0 Å². The van der Waals surface area contributed by atoms with E-state index in [1.807, 2.05) is 0 Å². The van der Waals surface area contributed by atoms with E-state index in [1.54, 1.807) is 0 Å². The summed E-state index contributed by atoms with van der Waals surface area (Å²) in [7, 11) is 1.31. The lowest BCUT2D eigenvalue weighted by Gasteiger charge is -2.38. The lowest BCUT2D eigenvalue weighted by molar-refractivity contribution is -0.271. The number of ether oxygens (including phenoxy) is 3. The smallest absolute Gasteiger partial charge is 0.335 e. The van der Waals surface area contributed by atoms with Crippen molar-refractivity contribution in [3.05, 3.63) is 40.6 Å². The van der Waals surface area contributed by atoms with Crippen molar-refractivity contribution in [2.75, 3.05) is 7.11 Å². The molecule has 0 amide bonds. The van der Waals surface area contributed by atoms with E-state index >= 15 is 0 Å². The first kappa shape index (κ1) is 24.1. The lowest BCUT2D eigenvalue weighted by atomic mass is 9.99. The molecule has 7 N–H and O–H groups in total. The van der Waals surface area contributed by atoms with Gasteiger partial charge < -0.3 is 54.4 Å². The average molecular weight is 492 g/mol. The van der Waals surface area contributed by atoms with Gasteiger partial charge in [-0.25, -0.2) is 4.79 Å². The Morgan fingerprint density at radius 1 is 0.943 bits per heavy atom. The van der Waals surface area contributed by atoms with Gasteiger partial charge in [0.15, 0.2) is 23.4 Å². The van der Waals surface area contributed by atoms with Gasteiger partial charge in [0.1, 0.15) is 40.8 Å². The molecule has 0 spiro atoms. The molecule has 13 nitrogen and oxygen atoms in total. The molecule has 3 aromatic rings. The zero-order chi connectivity index (χ0) is 25.6. The number of carboxylic acids is 1. The monoisotopic (exact) mass is 492 g/mol. The first-order valence-electron chi connectivity index (χ1n) is 10.0. The molecule has 1 saturated heterocycles. The van der Waals surface area contributed by atoms with Gasteiger partial charge in [-0.1, -0.05) is 0 Å². The third kappa shape index (κ3) is 4.17. The second kappa shape index (κ2) is 8.96. The van der Waals surface area contributed by atoms with Crippen molar-refractivity contribution in [3.8, 4) is 40.1 Å². The molecule has 2 heterocycles. The summed E-state index contributed by atoms with van der Waals surface area (Å²) in [5.74, 6) is -4.21. The zero-order valence-corrected chi connectivity index (χ0v) is 17.9. The van der Waals surface area contributed by atoms with Gasteiger partial charge in [0, 0.05) is 17.7 Å². The quantitative estimate of drug-likeness (QED) is 0.231. The fourth-order valence-corrected chi connectivity index (χ4v) is 3.60. The predicted molar refractivity (Wildman–Crippen MR) is 114 cm³/mol. The molecule has 1 unspecified atom stereocenters. The lowest BCUT2D eigenvalue weighted by Crippen LogP contribution is -2.61. The largest absolute Gasteiger partial charge is 0.507 e. The SMILES string of the molecule is COc1cc(O)c2c(=O)c(OC3O[C@H](C(=O)O)[C@@H](O)[C@H](O)[C@H]3O)c(-c3ccc(O)c(O)c3)oc2c1. The van der Waals surface area contributed by atoms with Crippen molar-refractivity contribution in [2.45, 2.75) is 30.7 Å². The summed E-state index contributed by atoms with van der Waals surface area (Å²) in [6, 6.07) is 5.79. The maximum atomic E-state index is 13.4. The second-order valence-corrected chi connectivity index (χ2v) is 7.67. The summed E-state index contributed by atoms with van der Waals surface area (Å²) in [4.78, 5) is 24.8. The number of benzene rings is 2. The topological polar surface area (TPSA) is 217 Å². The van der Waals surface area contributed by atoms with Gasteiger partial charge >= 0.3 is 5.97 Å². The molecule has 13 heteroatoms. The highest BCUT2D eigenvalue weighted by Crippen LogP contribution is 2.39. The fraction of sp³-hybridized carbons (Fsp3) is 0.273. The Hall–Kier alpha value is -4.04. The van der Waals surface area contributed by atoms with Gasteiger partial charge in [-0.15, -0.1) is 0 Å². The zero-order valence-electron chi connectivity index (χ0n) is 17.9. The van der Waals surface area contributed by atoms with Crippen molar-refractivity contribution < 1.29 is 59.2 Å². The van der Waals surface area contributed by atoms with Crippen molar-refractivity contribution >= 4 is 16.9 Å². The van der Waals surface area contributed by atoms with Gasteiger partial charge in [0.25, 0.3) is 0 Å². The van der Waals surface area contributed by atoms with Crippen LogP contribution in [0.15, 0.2) is 39.5 Å². The average Bonchev–Trinajstić information content (AvgIpc) is 2.81. The first-order chi connectivity index (χ1) is 16.5. The van der Waals surface area contributed by atoms with E-state index in [-0.39, 0.29) is 28.0 Å². The third-order valence-corrected chi connectivity index (χ3v) is 5.43. The normalized spacial score (nSPS) is 24.3. The molecule has 0 radical (unpaired) electrons. The van der Waals surface area contributed by atoms with Gasteiger partial charge in [0.05, 0.1) is 7.11 Å². The van der Waals surface area contributed by atoms with Crippen LogP contribution >= 0.6 is 0 Å². The van der Waals surface area contributed by atoms with E-state index in [2.05, 4.69) is 0 Å². The Morgan fingerprint density at radius 3 is 2.29 bits per heavy atom. The van der Waals surface area contributed by atoms with Crippen LogP contribution in [0, 0.1) is 0 Å². The van der Waals surface area contributed by atoms with Crippen LogP contribution < -0.4 is 14.9 Å². The van der Waals surface area contributed by atoms with Crippen LogP contribution in [0.5, 0.6) is 28.7 Å². The molecule has 1 aliphatic heterocycles. The van der Waals surface area contributed by atoms with Crippen LogP contribution in [0.2, 0.25) is 0 Å². The molecule has 35 heavy (non-hydrogen) atoms. The molecular formula is C22H20O13. The number of phenolic OH excluding ortho intramolecular Hbond substituents is 3. The molecule has 186 valence electrons. The number of aliphatic carboxylic acids is 1. The van der Waals surface area contributed by atoms with Crippen LogP contribution in [0.4, 0.5) is 0 Å². The molecule has 1 aliphatic rings. The number of carboxylic acid groups (broad SMARTS) is 1. The van der Waals surface area contributed by atoms with Crippen LogP contribution in [-0.4, -0.2) is 79.5 Å². The Bertz CT molecular complexity index is 1350. The number of aromatic hydroxyl groups is 3. The molecule has 5 atom stereocenters. The molecule has 2 aromatic carbocycles. The molecular weight excluding hydrogens is 472 g/mol. The summed E-state index contributed by atoms with van der Waals surface area (Å²) in [5.41, 5.74) is -1.15. The van der Waals surface area contributed by atoms with Crippen LogP contribution in [0.25, 0.3) is 22.3 Å². The van der Waals surface area contributed by atoms with Gasteiger partial charge in [0.2, 0.25) is 17.5 Å². The van der Waals surface area contributed by atoms with E-state index in [4.69, 9.17) is 18.6 Å². The molecule has 4 rings (SSSR count). The maximum Gasteiger partial charge on any atom is 0.335 e. The summed E-state index contributed by atoms with van der Waals surface area (Å²) < 4.78 is 21.4. The molecule has 0 aliphatic carbocycles. The third-order valence-electron chi connectivity index (χ3n) is 5.43. The number of hydrogen-bond acceptors (Lipinski definition) is 12. The van der Waals surface area contributed by atoms with Crippen molar-refractivity contribution in [1.82, 2.24) is 0 Å². The molecule has 0 bridgehead atoms. The number of methoxy groups -OCH3 is 1. The Morgan fingerprint density at radius 2 is 1.66 bits per heavy atom. The second-order valence-electron chi connectivity index (χ2n) is 7.67. The van der Waals surface area contributed by atoms with Crippen LogP contribution in [-0.2, 0) is 9.53 Å².